The van der Waals surface area contributed by atoms with E-state index in [1.54, 1.807) is 18.1 Å². The summed E-state index contributed by atoms with van der Waals surface area (Å²) in [6, 6.07) is 0. The van der Waals surface area contributed by atoms with Gasteiger partial charge in [0.25, 0.3) is 0 Å². The first kappa shape index (κ1) is 14.8. The summed E-state index contributed by atoms with van der Waals surface area (Å²) in [4.78, 5) is 13.7. The van der Waals surface area contributed by atoms with Crippen molar-refractivity contribution in [1.82, 2.24) is 14.7 Å². The van der Waals surface area contributed by atoms with Crippen molar-refractivity contribution in [1.29, 1.82) is 0 Å². The number of carbonyl (C=O) groups is 1. The maximum Gasteiger partial charge on any atom is 0.230 e. The van der Waals surface area contributed by atoms with Gasteiger partial charge in [-0.2, -0.15) is 5.10 Å². The van der Waals surface area contributed by atoms with Crippen LogP contribution in [-0.4, -0.2) is 41.8 Å². The minimum Gasteiger partial charge on any atom is -0.338 e. The summed E-state index contributed by atoms with van der Waals surface area (Å²) in [5.41, 5.74) is 0.709. The fourth-order valence-corrected chi connectivity index (χ4v) is 2.92. The highest BCUT2D eigenvalue weighted by Crippen LogP contribution is 2.22. The summed E-state index contributed by atoms with van der Waals surface area (Å²) in [5.74, 6) is 0.943. The van der Waals surface area contributed by atoms with Gasteiger partial charge in [0.05, 0.1) is 19.0 Å². The van der Waals surface area contributed by atoms with E-state index in [1.807, 2.05) is 0 Å². The normalized spacial score (nSPS) is 20.2. The third kappa shape index (κ3) is 3.50. The molecule has 2 heterocycles. The number of sulfonamides is 1. The van der Waals surface area contributed by atoms with Crippen molar-refractivity contribution in [3.8, 4) is 0 Å². The lowest BCUT2D eigenvalue weighted by Gasteiger charge is -2.30. The second kappa shape index (κ2) is 5.43. The first-order chi connectivity index (χ1) is 9.26. The van der Waals surface area contributed by atoms with Gasteiger partial charge in [-0.15, -0.1) is 0 Å². The molecular formula is C12H20N4O3S. The molecule has 1 amide bonds. The van der Waals surface area contributed by atoms with Crippen molar-refractivity contribution in [2.45, 2.75) is 26.3 Å². The number of piperidine rings is 1. The SMILES string of the molecule is CC1CCN(Cc2cnn(C)c2NS(C)(=O)=O)C(=O)C1. The van der Waals surface area contributed by atoms with Gasteiger partial charge in [0.2, 0.25) is 15.9 Å². The number of hydrogen-bond donors (Lipinski definition) is 1. The second-order valence-corrected chi connectivity index (χ2v) is 7.18. The Kier molecular flexibility index (Phi) is 4.03. The maximum atomic E-state index is 12.0. The van der Waals surface area contributed by atoms with E-state index in [0.717, 1.165) is 12.7 Å². The van der Waals surface area contributed by atoms with E-state index < -0.39 is 10.0 Å². The first-order valence-electron chi connectivity index (χ1n) is 6.52. The predicted octanol–water partition coefficient (Wildman–Crippen LogP) is 0.550. The zero-order chi connectivity index (χ0) is 14.9. The molecule has 2 rings (SSSR count). The topological polar surface area (TPSA) is 84.3 Å². The molecule has 0 saturated carbocycles. The molecule has 1 atom stereocenters. The van der Waals surface area contributed by atoms with Crippen LogP contribution in [0.3, 0.4) is 0 Å². The summed E-state index contributed by atoms with van der Waals surface area (Å²) < 4.78 is 26.7. The summed E-state index contributed by atoms with van der Waals surface area (Å²) in [6.07, 6.45) is 4.21. The number of aryl methyl sites for hydroxylation is 1. The molecule has 1 aliphatic heterocycles. The number of likely N-dealkylation sites (tertiary alicyclic amines) is 1. The van der Waals surface area contributed by atoms with E-state index in [2.05, 4.69) is 16.7 Å². The molecule has 8 heteroatoms. The Labute approximate surface area is 119 Å². The summed E-state index contributed by atoms with van der Waals surface area (Å²) in [6.45, 7) is 3.15. The van der Waals surface area contributed by atoms with Crippen LogP contribution in [0.2, 0.25) is 0 Å². The molecule has 1 unspecified atom stereocenters. The van der Waals surface area contributed by atoms with Crippen molar-refractivity contribution >= 4 is 21.7 Å². The van der Waals surface area contributed by atoms with Crippen LogP contribution in [0.25, 0.3) is 0 Å². The van der Waals surface area contributed by atoms with Crippen LogP contribution in [0, 0.1) is 5.92 Å². The van der Waals surface area contributed by atoms with E-state index >= 15 is 0 Å². The minimum absolute atomic E-state index is 0.109. The van der Waals surface area contributed by atoms with Gasteiger partial charge >= 0.3 is 0 Å². The molecule has 0 aromatic carbocycles. The molecule has 7 nitrogen and oxygen atoms in total. The van der Waals surface area contributed by atoms with Crippen molar-refractivity contribution in [2.75, 3.05) is 17.5 Å². The number of carbonyl (C=O) groups excluding carboxylic acids is 1. The average Bonchev–Trinajstić information content (AvgIpc) is 2.63. The Morgan fingerprint density at radius 3 is 2.80 bits per heavy atom. The zero-order valence-electron chi connectivity index (χ0n) is 12.0. The highest BCUT2D eigenvalue weighted by Gasteiger charge is 2.24. The van der Waals surface area contributed by atoms with E-state index in [-0.39, 0.29) is 5.91 Å². The highest BCUT2D eigenvalue weighted by molar-refractivity contribution is 7.92. The van der Waals surface area contributed by atoms with Crippen molar-refractivity contribution in [3.63, 3.8) is 0 Å². The first-order valence-corrected chi connectivity index (χ1v) is 8.42. The molecule has 1 N–H and O–H groups in total. The molecule has 1 aliphatic rings. The number of nitrogens with zero attached hydrogens (tertiary/aromatic N) is 3. The van der Waals surface area contributed by atoms with Gasteiger partial charge in [0.1, 0.15) is 5.82 Å². The molecule has 112 valence electrons. The number of amides is 1. The minimum atomic E-state index is -3.37. The van der Waals surface area contributed by atoms with Crippen molar-refractivity contribution in [3.05, 3.63) is 11.8 Å². The highest BCUT2D eigenvalue weighted by atomic mass is 32.2. The summed E-state index contributed by atoms with van der Waals surface area (Å²) in [7, 11) is -1.71. The molecule has 1 fully saturated rings. The lowest BCUT2D eigenvalue weighted by Crippen LogP contribution is -2.37. The number of hydrogen-bond acceptors (Lipinski definition) is 4. The number of rotatable bonds is 4. The Morgan fingerprint density at radius 1 is 1.50 bits per heavy atom. The Hall–Kier alpha value is -1.57. The summed E-state index contributed by atoms with van der Waals surface area (Å²) >= 11 is 0. The second-order valence-electron chi connectivity index (χ2n) is 5.43. The molecule has 0 aliphatic carbocycles. The molecule has 1 aromatic heterocycles. The van der Waals surface area contributed by atoms with Gasteiger partial charge in [0.15, 0.2) is 0 Å². The largest absolute Gasteiger partial charge is 0.338 e. The van der Waals surface area contributed by atoms with Gasteiger partial charge in [-0.3, -0.25) is 14.2 Å². The standard InChI is InChI=1S/C12H20N4O3S/c1-9-4-5-16(11(17)6-9)8-10-7-13-15(2)12(10)14-20(3,18)19/h7,9,14H,4-6,8H2,1-3H3. The van der Waals surface area contributed by atoms with Gasteiger partial charge in [-0.25, -0.2) is 8.42 Å². The smallest absolute Gasteiger partial charge is 0.230 e. The van der Waals surface area contributed by atoms with E-state index in [9.17, 15) is 13.2 Å². The number of nitrogens with one attached hydrogen (secondary N) is 1. The molecule has 0 spiro atoms. The van der Waals surface area contributed by atoms with Crippen LogP contribution >= 0.6 is 0 Å². The fourth-order valence-electron chi connectivity index (χ4n) is 2.31. The third-order valence-electron chi connectivity index (χ3n) is 3.43. The lowest BCUT2D eigenvalue weighted by molar-refractivity contribution is -0.135. The quantitative estimate of drug-likeness (QED) is 0.880. The van der Waals surface area contributed by atoms with Crippen molar-refractivity contribution < 1.29 is 13.2 Å². The zero-order valence-corrected chi connectivity index (χ0v) is 12.8. The molecule has 1 saturated heterocycles. The number of anilines is 1. The molecule has 0 bridgehead atoms. The van der Waals surface area contributed by atoms with E-state index in [4.69, 9.17) is 0 Å². The van der Waals surface area contributed by atoms with Gasteiger partial charge < -0.3 is 4.90 Å². The van der Waals surface area contributed by atoms with Crippen molar-refractivity contribution in [2.24, 2.45) is 13.0 Å². The van der Waals surface area contributed by atoms with E-state index in [1.165, 1.54) is 4.68 Å². The van der Waals surface area contributed by atoms with Gasteiger partial charge in [0, 0.05) is 25.6 Å². The van der Waals surface area contributed by atoms with Crippen LogP contribution in [0.5, 0.6) is 0 Å². The Bertz CT molecular complexity index is 608. The number of aromatic nitrogens is 2. The van der Waals surface area contributed by atoms with Crippen LogP contribution in [0.4, 0.5) is 5.82 Å². The van der Waals surface area contributed by atoms with Gasteiger partial charge in [-0.05, 0) is 12.3 Å². The molecule has 20 heavy (non-hydrogen) atoms. The van der Waals surface area contributed by atoms with E-state index in [0.29, 0.717) is 36.8 Å². The van der Waals surface area contributed by atoms with Crippen LogP contribution in [-0.2, 0) is 28.4 Å². The summed E-state index contributed by atoms with van der Waals surface area (Å²) in [5, 5.41) is 4.06. The lowest BCUT2D eigenvalue weighted by atomic mass is 9.98. The molecule has 1 aromatic rings. The van der Waals surface area contributed by atoms with Crippen LogP contribution < -0.4 is 4.72 Å². The van der Waals surface area contributed by atoms with Crippen LogP contribution in [0.15, 0.2) is 6.20 Å². The molecular weight excluding hydrogens is 280 g/mol. The third-order valence-corrected chi connectivity index (χ3v) is 3.99. The van der Waals surface area contributed by atoms with Crippen LogP contribution in [0.1, 0.15) is 25.3 Å². The Morgan fingerprint density at radius 2 is 2.20 bits per heavy atom. The Balaban J connectivity index is 2.16. The van der Waals surface area contributed by atoms with Gasteiger partial charge in [-0.1, -0.05) is 6.92 Å². The average molecular weight is 300 g/mol. The maximum absolute atomic E-state index is 12.0. The molecule has 0 radical (unpaired) electrons. The fraction of sp³-hybridized carbons (Fsp3) is 0.667. The predicted molar refractivity (Wildman–Crippen MR) is 75.5 cm³/mol. The monoisotopic (exact) mass is 300 g/mol.